The molecule has 1 unspecified atom stereocenters. The van der Waals surface area contributed by atoms with Crippen molar-refractivity contribution in [3.8, 4) is 0 Å². The molecule has 2 aromatic rings. The van der Waals surface area contributed by atoms with Gasteiger partial charge in [0.05, 0.1) is 23.5 Å². The van der Waals surface area contributed by atoms with Gasteiger partial charge in [0.2, 0.25) is 0 Å². The van der Waals surface area contributed by atoms with Crippen LogP contribution in [0.5, 0.6) is 0 Å². The zero-order valence-electron chi connectivity index (χ0n) is 9.48. The molecule has 0 aliphatic rings. The molecule has 0 saturated heterocycles. The highest BCUT2D eigenvalue weighted by Crippen LogP contribution is 2.14. The average molecular weight is 290 g/mol. The van der Waals surface area contributed by atoms with Crippen LogP contribution in [-0.2, 0) is 11.3 Å². The predicted octanol–water partition coefficient (Wildman–Crippen LogP) is 2.48. The normalized spacial score (nSPS) is 12.7. The molecule has 0 spiro atoms. The molecule has 0 aliphatic heterocycles. The van der Waals surface area contributed by atoms with Crippen LogP contribution in [0.1, 0.15) is 5.69 Å². The highest BCUT2D eigenvalue weighted by atomic mass is 35.5. The number of halogens is 3. The van der Waals surface area contributed by atoms with Gasteiger partial charge < -0.3 is 9.30 Å². The van der Waals surface area contributed by atoms with Crippen molar-refractivity contribution in [3.63, 3.8) is 0 Å². The minimum absolute atomic E-state index is 0.202. The fourth-order valence-corrected chi connectivity index (χ4v) is 1.94. The average Bonchev–Trinajstić information content (AvgIpc) is 2.70. The summed E-state index contributed by atoms with van der Waals surface area (Å²) >= 11 is 11.0. The number of amides is 1. The Morgan fingerprint density at radius 1 is 1.61 bits per heavy atom. The summed E-state index contributed by atoms with van der Waals surface area (Å²) in [6.45, 7) is 0.202. The van der Waals surface area contributed by atoms with Gasteiger partial charge in [0, 0.05) is 13.2 Å². The number of carbonyl (C=O) groups is 1. The molecule has 0 aromatic carbocycles. The molecule has 2 heterocycles. The Kier molecular flexibility index (Phi) is 3.73. The predicted molar refractivity (Wildman–Crippen MR) is 67.4 cm³/mol. The Hall–Kier alpha value is -1.33. The zero-order valence-corrected chi connectivity index (χ0v) is 11.0. The van der Waals surface area contributed by atoms with Crippen molar-refractivity contribution in [2.75, 3.05) is 7.05 Å². The lowest BCUT2D eigenvalue weighted by molar-refractivity contribution is -0.132. The summed E-state index contributed by atoms with van der Waals surface area (Å²) in [6.07, 6.45) is 3.29. The molecule has 1 atom stereocenters. The third kappa shape index (κ3) is 2.57. The van der Waals surface area contributed by atoms with E-state index in [2.05, 4.69) is 4.98 Å². The van der Waals surface area contributed by atoms with Gasteiger partial charge in [-0.25, -0.2) is 9.37 Å². The maximum absolute atomic E-state index is 12.7. The number of hydrogen-bond donors (Lipinski definition) is 0. The molecule has 0 saturated carbocycles. The molecule has 0 N–H and O–H groups in total. The van der Waals surface area contributed by atoms with Gasteiger partial charge in [-0.3, -0.25) is 4.79 Å². The molecule has 96 valence electrons. The summed E-state index contributed by atoms with van der Waals surface area (Å²) in [7, 11) is 1.47. The molecule has 2 aromatic heterocycles. The van der Waals surface area contributed by atoms with Gasteiger partial charge in [-0.1, -0.05) is 23.2 Å². The molecule has 1 amide bonds. The number of fused-ring (bicyclic) bond motifs is 1. The van der Waals surface area contributed by atoms with E-state index in [4.69, 9.17) is 23.2 Å². The zero-order chi connectivity index (χ0) is 13.3. The van der Waals surface area contributed by atoms with E-state index in [0.717, 1.165) is 5.69 Å². The number of rotatable bonds is 3. The number of aromatic nitrogens is 2. The van der Waals surface area contributed by atoms with Gasteiger partial charge >= 0.3 is 0 Å². The first-order valence-electron chi connectivity index (χ1n) is 5.13. The first-order valence-corrected chi connectivity index (χ1v) is 5.95. The molecule has 0 bridgehead atoms. The fraction of sp³-hybridized carbons (Fsp3) is 0.273. The van der Waals surface area contributed by atoms with Crippen LogP contribution in [0.25, 0.3) is 5.65 Å². The quantitative estimate of drug-likeness (QED) is 0.814. The van der Waals surface area contributed by atoms with Crippen LogP contribution >= 0.6 is 23.2 Å². The lowest BCUT2D eigenvalue weighted by atomic mass is 10.4. The molecular weight excluding hydrogens is 280 g/mol. The molecule has 0 fully saturated rings. The van der Waals surface area contributed by atoms with E-state index in [1.54, 1.807) is 28.9 Å². The molecule has 2 rings (SSSR count). The second-order valence-corrected chi connectivity index (χ2v) is 4.64. The van der Waals surface area contributed by atoms with Gasteiger partial charge in [0.25, 0.3) is 11.5 Å². The van der Waals surface area contributed by atoms with Crippen LogP contribution < -0.4 is 0 Å². The van der Waals surface area contributed by atoms with Crippen LogP contribution in [0.3, 0.4) is 0 Å². The van der Waals surface area contributed by atoms with Crippen LogP contribution in [-0.4, -0.2) is 32.9 Å². The second-order valence-electron chi connectivity index (χ2n) is 3.82. The maximum Gasteiger partial charge on any atom is 0.272 e. The molecular formula is C11H10Cl2FN3O. The number of alkyl halides is 2. The highest BCUT2D eigenvalue weighted by molar-refractivity contribution is 6.30. The first kappa shape index (κ1) is 13.1. The molecule has 4 nitrogen and oxygen atoms in total. The van der Waals surface area contributed by atoms with Crippen LogP contribution in [0, 0.1) is 0 Å². The van der Waals surface area contributed by atoms with E-state index in [1.165, 1.54) is 11.9 Å². The van der Waals surface area contributed by atoms with Crippen LogP contribution in [0.15, 0.2) is 24.5 Å². The topological polar surface area (TPSA) is 37.6 Å². The van der Waals surface area contributed by atoms with E-state index in [-0.39, 0.29) is 6.54 Å². The molecule has 0 radical (unpaired) electrons. The number of carbonyl (C=O) groups excluding carboxylic acids is 1. The van der Waals surface area contributed by atoms with Crippen molar-refractivity contribution in [1.29, 1.82) is 0 Å². The van der Waals surface area contributed by atoms with E-state index in [9.17, 15) is 9.18 Å². The van der Waals surface area contributed by atoms with Gasteiger partial charge in [0.15, 0.2) is 0 Å². The minimum Gasteiger partial charge on any atom is -0.336 e. The first-order chi connectivity index (χ1) is 8.49. The van der Waals surface area contributed by atoms with Crippen LogP contribution in [0.2, 0.25) is 5.02 Å². The van der Waals surface area contributed by atoms with Crippen molar-refractivity contribution in [3.05, 3.63) is 35.2 Å². The Balaban J connectivity index is 2.27. The van der Waals surface area contributed by atoms with Gasteiger partial charge in [-0.05, 0) is 12.1 Å². The summed E-state index contributed by atoms with van der Waals surface area (Å²) < 4.78 is 14.4. The SMILES string of the molecule is CN(Cc1cnc2ccc(Cl)cn12)C(=O)C(F)Cl. The Morgan fingerprint density at radius 3 is 3.00 bits per heavy atom. The van der Waals surface area contributed by atoms with Crippen molar-refractivity contribution < 1.29 is 9.18 Å². The standard InChI is InChI=1S/C11H10Cl2FN3O/c1-16(11(18)10(13)14)6-8-4-15-9-3-2-7(12)5-17(8)9/h2-5,10H,6H2,1H3. The number of nitrogens with zero attached hydrogens (tertiary/aromatic N) is 3. The molecule has 7 heteroatoms. The number of hydrogen-bond acceptors (Lipinski definition) is 2. The van der Waals surface area contributed by atoms with Crippen molar-refractivity contribution in [2.45, 2.75) is 12.2 Å². The largest absolute Gasteiger partial charge is 0.336 e. The Bertz CT molecular complexity index is 585. The fourth-order valence-electron chi connectivity index (χ4n) is 1.61. The van der Waals surface area contributed by atoms with Crippen molar-refractivity contribution >= 4 is 34.8 Å². The van der Waals surface area contributed by atoms with E-state index in [0.29, 0.717) is 10.7 Å². The third-order valence-electron chi connectivity index (χ3n) is 2.51. The molecule has 18 heavy (non-hydrogen) atoms. The van der Waals surface area contributed by atoms with E-state index in [1.807, 2.05) is 0 Å². The van der Waals surface area contributed by atoms with E-state index < -0.39 is 11.5 Å². The van der Waals surface area contributed by atoms with Gasteiger partial charge in [-0.2, -0.15) is 0 Å². The van der Waals surface area contributed by atoms with Gasteiger partial charge in [0.1, 0.15) is 5.65 Å². The summed E-state index contributed by atoms with van der Waals surface area (Å²) in [5.41, 5.74) is -0.601. The summed E-state index contributed by atoms with van der Waals surface area (Å²) in [5.74, 6) is -0.784. The Morgan fingerprint density at radius 2 is 2.33 bits per heavy atom. The maximum atomic E-state index is 12.7. The number of pyridine rings is 1. The molecule has 0 aliphatic carbocycles. The number of imidazole rings is 1. The van der Waals surface area contributed by atoms with E-state index >= 15 is 0 Å². The third-order valence-corrected chi connectivity index (χ3v) is 2.92. The lowest BCUT2D eigenvalue weighted by Gasteiger charge is -2.16. The summed E-state index contributed by atoms with van der Waals surface area (Å²) in [4.78, 5) is 16.7. The summed E-state index contributed by atoms with van der Waals surface area (Å²) in [6, 6.07) is 3.48. The summed E-state index contributed by atoms with van der Waals surface area (Å²) in [5, 5.41) is 0.552. The minimum atomic E-state index is -2.03. The van der Waals surface area contributed by atoms with Crippen molar-refractivity contribution in [2.24, 2.45) is 0 Å². The highest BCUT2D eigenvalue weighted by Gasteiger charge is 2.19. The van der Waals surface area contributed by atoms with Crippen LogP contribution in [0.4, 0.5) is 4.39 Å². The Labute approximate surface area is 113 Å². The van der Waals surface area contributed by atoms with Gasteiger partial charge in [-0.15, -0.1) is 0 Å². The van der Waals surface area contributed by atoms with Crippen molar-refractivity contribution in [1.82, 2.24) is 14.3 Å². The monoisotopic (exact) mass is 289 g/mol. The second kappa shape index (κ2) is 5.12. The smallest absolute Gasteiger partial charge is 0.272 e. The lowest BCUT2D eigenvalue weighted by Crippen LogP contribution is -2.31.